The molecule has 4 rings (SSSR count). The zero-order valence-corrected chi connectivity index (χ0v) is 24.4. The number of halogens is 2. The predicted octanol–water partition coefficient (Wildman–Crippen LogP) is 5.78. The Morgan fingerprint density at radius 2 is 1.72 bits per heavy atom. The lowest BCUT2D eigenvalue weighted by Crippen LogP contribution is -2.53. The number of sulfonamides is 1. The van der Waals surface area contributed by atoms with Crippen LogP contribution < -0.4 is 9.62 Å². The first-order valence-corrected chi connectivity index (χ1v) is 15.7. The molecule has 1 saturated carbocycles. The van der Waals surface area contributed by atoms with Gasteiger partial charge in [-0.25, -0.2) is 8.42 Å². The molecule has 2 amide bonds. The summed E-state index contributed by atoms with van der Waals surface area (Å²) >= 11 is 12.5. The minimum absolute atomic E-state index is 0.0264. The van der Waals surface area contributed by atoms with E-state index in [2.05, 4.69) is 5.32 Å². The second kappa shape index (κ2) is 12.6. The van der Waals surface area contributed by atoms with Gasteiger partial charge in [0, 0.05) is 28.0 Å². The Morgan fingerprint density at radius 3 is 2.38 bits per heavy atom. The monoisotopic (exact) mass is 589 g/mol. The number of nitrogens with one attached hydrogen (secondary N) is 1. The van der Waals surface area contributed by atoms with Crippen LogP contribution in [-0.2, 0) is 26.2 Å². The molecule has 1 aliphatic rings. The maximum absolute atomic E-state index is 14.0. The second-order valence-corrected chi connectivity index (χ2v) is 12.7. The van der Waals surface area contributed by atoms with Crippen LogP contribution in [0.4, 0.5) is 5.69 Å². The van der Waals surface area contributed by atoms with Crippen molar-refractivity contribution in [1.29, 1.82) is 0 Å². The van der Waals surface area contributed by atoms with E-state index >= 15 is 0 Å². The highest BCUT2D eigenvalue weighted by Gasteiger charge is 2.33. The fourth-order valence-electron chi connectivity index (χ4n) is 5.14. The smallest absolute Gasteiger partial charge is 0.244 e. The fourth-order valence-corrected chi connectivity index (χ4v) is 6.47. The van der Waals surface area contributed by atoms with Gasteiger partial charge < -0.3 is 10.2 Å². The highest BCUT2D eigenvalue weighted by Crippen LogP contribution is 2.29. The SMILES string of the molecule is CCC(C(=O)NC1CCCC1)N(Cc1ccc(Cl)cc1Cl)C(=O)CN(c1cccc2ccccc12)S(C)(=O)=O. The van der Waals surface area contributed by atoms with Crippen molar-refractivity contribution in [2.45, 2.75) is 57.7 Å². The van der Waals surface area contributed by atoms with Crippen LogP contribution in [0.5, 0.6) is 0 Å². The maximum atomic E-state index is 14.0. The van der Waals surface area contributed by atoms with E-state index in [-0.39, 0.29) is 18.5 Å². The first kappa shape index (κ1) is 29.2. The summed E-state index contributed by atoms with van der Waals surface area (Å²) in [5.41, 5.74) is 1.01. The van der Waals surface area contributed by atoms with Gasteiger partial charge in [-0.2, -0.15) is 0 Å². The summed E-state index contributed by atoms with van der Waals surface area (Å²) in [5, 5.41) is 5.46. The lowest BCUT2D eigenvalue weighted by Gasteiger charge is -2.33. The number of anilines is 1. The van der Waals surface area contributed by atoms with Gasteiger partial charge in [-0.05, 0) is 48.4 Å². The zero-order chi connectivity index (χ0) is 28.2. The van der Waals surface area contributed by atoms with Crippen LogP contribution in [-0.4, -0.2) is 50.0 Å². The Kier molecular flexibility index (Phi) is 9.41. The minimum atomic E-state index is -3.85. The van der Waals surface area contributed by atoms with Gasteiger partial charge in [-0.3, -0.25) is 13.9 Å². The summed E-state index contributed by atoms with van der Waals surface area (Å²) in [5.74, 6) is -0.758. The Balaban J connectivity index is 1.70. The van der Waals surface area contributed by atoms with Gasteiger partial charge in [0.05, 0.1) is 11.9 Å². The third-order valence-electron chi connectivity index (χ3n) is 7.16. The molecule has 3 aromatic carbocycles. The van der Waals surface area contributed by atoms with Crippen molar-refractivity contribution < 1.29 is 18.0 Å². The van der Waals surface area contributed by atoms with E-state index < -0.39 is 28.5 Å². The fraction of sp³-hybridized carbons (Fsp3) is 0.379. The number of amides is 2. The van der Waals surface area contributed by atoms with Gasteiger partial charge in [0.15, 0.2) is 0 Å². The number of hydrogen-bond donors (Lipinski definition) is 1. The summed E-state index contributed by atoms with van der Waals surface area (Å²) < 4.78 is 27.2. The third-order valence-corrected chi connectivity index (χ3v) is 8.87. The zero-order valence-electron chi connectivity index (χ0n) is 22.1. The van der Waals surface area contributed by atoms with Crippen LogP contribution in [0.25, 0.3) is 10.8 Å². The first-order valence-electron chi connectivity index (χ1n) is 13.1. The van der Waals surface area contributed by atoms with Gasteiger partial charge in [-0.1, -0.05) is 85.4 Å². The quantitative estimate of drug-likeness (QED) is 0.325. The number of rotatable bonds is 10. The van der Waals surface area contributed by atoms with Crippen LogP contribution in [0.2, 0.25) is 10.0 Å². The van der Waals surface area contributed by atoms with Crippen LogP contribution >= 0.6 is 23.2 Å². The van der Waals surface area contributed by atoms with Gasteiger partial charge in [-0.15, -0.1) is 0 Å². The highest BCUT2D eigenvalue weighted by atomic mass is 35.5. The predicted molar refractivity (Wildman–Crippen MR) is 158 cm³/mol. The molecule has 208 valence electrons. The summed E-state index contributed by atoms with van der Waals surface area (Å²) in [4.78, 5) is 28.9. The molecule has 3 aromatic rings. The van der Waals surface area contributed by atoms with Crippen molar-refractivity contribution in [2.24, 2.45) is 0 Å². The van der Waals surface area contributed by atoms with E-state index in [1.165, 1.54) is 4.90 Å². The molecule has 0 radical (unpaired) electrons. The second-order valence-electron chi connectivity index (χ2n) is 9.94. The highest BCUT2D eigenvalue weighted by molar-refractivity contribution is 7.92. The molecular formula is C29H33Cl2N3O4S. The van der Waals surface area contributed by atoms with Crippen LogP contribution in [0.1, 0.15) is 44.6 Å². The molecule has 7 nitrogen and oxygen atoms in total. The lowest BCUT2D eigenvalue weighted by molar-refractivity contribution is -0.140. The van der Waals surface area contributed by atoms with E-state index in [9.17, 15) is 18.0 Å². The molecule has 0 aromatic heterocycles. The Morgan fingerprint density at radius 1 is 1.03 bits per heavy atom. The third kappa shape index (κ3) is 7.04. The number of nitrogens with zero attached hydrogens (tertiary/aromatic N) is 2. The summed E-state index contributed by atoms with van der Waals surface area (Å²) in [6.07, 6.45) is 5.34. The van der Waals surface area contributed by atoms with Crippen LogP contribution in [0, 0.1) is 0 Å². The summed E-state index contributed by atoms with van der Waals surface area (Å²) in [7, 11) is -3.85. The topological polar surface area (TPSA) is 86.8 Å². The van der Waals surface area contributed by atoms with Gasteiger partial charge in [0.25, 0.3) is 0 Å². The molecule has 1 N–H and O–H groups in total. The molecular weight excluding hydrogens is 557 g/mol. The Labute approximate surface area is 240 Å². The molecule has 1 fully saturated rings. The van der Waals surface area contributed by atoms with Crippen molar-refractivity contribution >= 4 is 61.5 Å². The van der Waals surface area contributed by atoms with Gasteiger partial charge in [0.1, 0.15) is 12.6 Å². The van der Waals surface area contributed by atoms with E-state index in [1.807, 2.05) is 37.3 Å². The maximum Gasteiger partial charge on any atom is 0.244 e. The van der Waals surface area contributed by atoms with E-state index in [0.717, 1.165) is 41.6 Å². The number of fused-ring (bicyclic) bond motifs is 1. The van der Waals surface area contributed by atoms with Crippen molar-refractivity contribution in [1.82, 2.24) is 10.2 Å². The largest absolute Gasteiger partial charge is 0.352 e. The first-order chi connectivity index (χ1) is 18.6. The molecule has 0 bridgehead atoms. The molecule has 39 heavy (non-hydrogen) atoms. The average molecular weight is 591 g/mol. The molecule has 10 heteroatoms. The van der Waals surface area contributed by atoms with Crippen molar-refractivity contribution in [3.63, 3.8) is 0 Å². The summed E-state index contributed by atoms with van der Waals surface area (Å²) in [6, 6.07) is 17.0. The molecule has 1 aliphatic carbocycles. The molecule has 0 heterocycles. The van der Waals surface area contributed by atoms with E-state index in [1.54, 1.807) is 30.3 Å². The number of benzene rings is 3. The molecule has 0 saturated heterocycles. The lowest BCUT2D eigenvalue weighted by atomic mass is 10.1. The molecule has 1 unspecified atom stereocenters. The molecule has 0 spiro atoms. The normalized spacial score (nSPS) is 14.8. The van der Waals surface area contributed by atoms with E-state index in [4.69, 9.17) is 23.2 Å². The molecule has 1 atom stereocenters. The van der Waals surface area contributed by atoms with Gasteiger partial charge >= 0.3 is 0 Å². The van der Waals surface area contributed by atoms with E-state index in [0.29, 0.717) is 33.1 Å². The average Bonchev–Trinajstić information content (AvgIpc) is 3.40. The Hall–Kier alpha value is -2.81. The minimum Gasteiger partial charge on any atom is -0.352 e. The Bertz CT molecular complexity index is 1450. The van der Waals surface area contributed by atoms with Crippen LogP contribution in [0.15, 0.2) is 60.7 Å². The van der Waals surface area contributed by atoms with Crippen molar-refractivity contribution in [2.75, 3.05) is 17.1 Å². The standard InChI is InChI=1S/C29H33Cl2N3O4S/c1-3-26(29(36)32-23-11-5-6-12-23)33(18-21-15-16-22(30)17-25(21)31)28(35)19-34(39(2,37)38)27-14-8-10-20-9-4-7-13-24(20)27/h4,7-10,13-17,23,26H,3,5-6,11-12,18-19H2,1-2H3,(H,32,36). The molecule has 0 aliphatic heterocycles. The van der Waals surface area contributed by atoms with Crippen LogP contribution in [0.3, 0.4) is 0 Å². The number of carbonyl (C=O) groups excluding carboxylic acids is 2. The van der Waals surface area contributed by atoms with Gasteiger partial charge in [0.2, 0.25) is 21.8 Å². The van der Waals surface area contributed by atoms with Crippen molar-refractivity contribution in [3.05, 3.63) is 76.3 Å². The summed E-state index contributed by atoms with van der Waals surface area (Å²) in [6.45, 7) is 1.39. The van der Waals surface area contributed by atoms with Crippen molar-refractivity contribution in [3.8, 4) is 0 Å². The number of hydrogen-bond acceptors (Lipinski definition) is 4. The number of carbonyl (C=O) groups is 2.